The first-order valence-electron chi connectivity index (χ1n) is 6.90. The van der Waals surface area contributed by atoms with Gasteiger partial charge in [0.25, 0.3) is 0 Å². The summed E-state index contributed by atoms with van der Waals surface area (Å²) in [4.78, 5) is -0.208. The van der Waals surface area contributed by atoms with Gasteiger partial charge in [-0.05, 0) is 31.9 Å². The van der Waals surface area contributed by atoms with Crippen molar-refractivity contribution in [2.24, 2.45) is 0 Å². The van der Waals surface area contributed by atoms with Crippen LogP contribution in [0, 0.1) is 5.82 Å². The zero-order chi connectivity index (χ0) is 15.7. The summed E-state index contributed by atoms with van der Waals surface area (Å²) < 4.78 is 41.2. The molecule has 0 radical (unpaired) electrons. The van der Waals surface area contributed by atoms with Crippen LogP contribution in [0.4, 0.5) is 4.39 Å². The SMILES string of the molecule is CC1(NS(=O)(=O)c2cc(F)c(Cl)c(CO)c2)CCCCC1. The zero-order valence-corrected chi connectivity index (χ0v) is 13.4. The highest BCUT2D eigenvalue weighted by Crippen LogP contribution is 2.30. The van der Waals surface area contributed by atoms with E-state index in [2.05, 4.69) is 4.72 Å². The van der Waals surface area contributed by atoms with E-state index in [1.54, 1.807) is 0 Å². The lowest BCUT2D eigenvalue weighted by Gasteiger charge is -2.34. The van der Waals surface area contributed by atoms with E-state index in [0.29, 0.717) is 0 Å². The van der Waals surface area contributed by atoms with Gasteiger partial charge in [-0.1, -0.05) is 30.9 Å². The Morgan fingerprint density at radius 1 is 1.33 bits per heavy atom. The van der Waals surface area contributed by atoms with Crippen molar-refractivity contribution in [1.82, 2.24) is 4.72 Å². The predicted octanol–water partition coefficient (Wildman–Crippen LogP) is 2.97. The van der Waals surface area contributed by atoms with Gasteiger partial charge in [0.15, 0.2) is 0 Å². The number of aliphatic hydroxyl groups is 1. The Kier molecular flexibility index (Phi) is 4.92. The lowest BCUT2D eigenvalue weighted by atomic mass is 9.84. The third kappa shape index (κ3) is 3.74. The van der Waals surface area contributed by atoms with Crippen molar-refractivity contribution in [2.45, 2.75) is 56.1 Å². The Hall–Kier alpha value is -0.690. The van der Waals surface area contributed by atoms with E-state index >= 15 is 0 Å². The minimum absolute atomic E-state index is 0.0610. The molecule has 118 valence electrons. The van der Waals surface area contributed by atoms with Crippen LogP contribution in [0.25, 0.3) is 0 Å². The number of sulfonamides is 1. The summed E-state index contributed by atoms with van der Waals surface area (Å²) in [6, 6.07) is 2.09. The largest absolute Gasteiger partial charge is 0.392 e. The Morgan fingerprint density at radius 3 is 2.52 bits per heavy atom. The molecule has 0 atom stereocenters. The Balaban J connectivity index is 2.33. The van der Waals surface area contributed by atoms with Crippen molar-refractivity contribution < 1.29 is 17.9 Å². The third-order valence-electron chi connectivity index (χ3n) is 3.90. The number of rotatable bonds is 4. The second-order valence-electron chi connectivity index (χ2n) is 5.76. The quantitative estimate of drug-likeness (QED) is 0.889. The van der Waals surface area contributed by atoms with Crippen LogP contribution in [-0.2, 0) is 16.6 Å². The third-order valence-corrected chi connectivity index (χ3v) is 5.94. The van der Waals surface area contributed by atoms with Crippen LogP contribution in [-0.4, -0.2) is 19.1 Å². The molecule has 4 nitrogen and oxygen atoms in total. The second-order valence-corrected chi connectivity index (χ2v) is 7.82. The maximum Gasteiger partial charge on any atom is 0.241 e. The van der Waals surface area contributed by atoms with E-state index in [1.165, 1.54) is 6.07 Å². The van der Waals surface area contributed by atoms with Gasteiger partial charge < -0.3 is 5.11 Å². The molecule has 1 aromatic carbocycles. The fraction of sp³-hybridized carbons (Fsp3) is 0.571. The lowest BCUT2D eigenvalue weighted by Crippen LogP contribution is -2.47. The van der Waals surface area contributed by atoms with E-state index in [9.17, 15) is 12.8 Å². The van der Waals surface area contributed by atoms with Gasteiger partial charge in [-0.25, -0.2) is 17.5 Å². The first kappa shape index (κ1) is 16.7. The minimum Gasteiger partial charge on any atom is -0.392 e. The van der Waals surface area contributed by atoms with E-state index in [0.717, 1.165) is 38.2 Å². The number of nitrogens with one attached hydrogen (secondary N) is 1. The molecule has 1 aliphatic carbocycles. The summed E-state index contributed by atoms with van der Waals surface area (Å²) in [6.07, 6.45) is 4.55. The molecule has 2 N–H and O–H groups in total. The predicted molar refractivity (Wildman–Crippen MR) is 79.1 cm³/mol. The van der Waals surface area contributed by atoms with E-state index in [4.69, 9.17) is 16.7 Å². The maximum absolute atomic E-state index is 13.7. The Bertz CT molecular complexity index is 627. The van der Waals surface area contributed by atoms with Crippen LogP contribution in [0.2, 0.25) is 5.02 Å². The monoisotopic (exact) mass is 335 g/mol. The Labute approximate surface area is 129 Å². The molecule has 2 rings (SSSR count). The summed E-state index contributed by atoms with van der Waals surface area (Å²) in [5.41, 5.74) is -0.446. The van der Waals surface area contributed by atoms with Crippen LogP contribution in [0.1, 0.15) is 44.6 Å². The average molecular weight is 336 g/mol. The standard InChI is InChI=1S/C14H19ClFNO3S/c1-14(5-3-2-4-6-14)17-21(19,20)11-7-10(9-18)13(15)12(16)8-11/h7-8,17-18H,2-6,9H2,1H3. The number of hydrogen-bond donors (Lipinski definition) is 2. The summed E-state index contributed by atoms with van der Waals surface area (Å²) in [6.45, 7) is 1.35. The minimum atomic E-state index is -3.85. The first-order chi connectivity index (χ1) is 9.77. The van der Waals surface area contributed by atoms with Crippen molar-refractivity contribution in [1.29, 1.82) is 0 Å². The topological polar surface area (TPSA) is 66.4 Å². The molecular weight excluding hydrogens is 317 g/mol. The lowest BCUT2D eigenvalue weighted by molar-refractivity contribution is 0.281. The molecule has 1 aromatic rings. The molecule has 0 aromatic heterocycles. The fourth-order valence-electron chi connectivity index (χ4n) is 2.71. The van der Waals surface area contributed by atoms with Gasteiger partial charge in [0, 0.05) is 11.1 Å². The molecular formula is C14H19ClFNO3S. The van der Waals surface area contributed by atoms with Crippen molar-refractivity contribution in [3.8, 4) is 0 Å². The summed E-state index contributed by atoms with van der Waals surface area (Å²) in [7, 11) is -3.85. The fourth-order valence-corrected chi connectivity index (χ4v) is 4.40. The van der Waals surface area contributed by atoms with Gasteiger partial charge in [-0.15, -0.1) is 0 Å². The number of aliphatic hydroxyl groups excluding tert-OH is 1. The molecule has 0 bridgehead atoms. The van der Waals surface area contributed by atoms with E-state index in [-0.39, 0.29) is 15.5 Å². The van der Waals surface area contributed by atoms with Gasteiger partial charge in [0.05, 0.1) is 16.5 Å². The van der Waals surface area contributed by atoms with Crippen molar-refractivity contribution in [3.63, 3.8) is 0 Å². The molecule has 0 aliphatic heterocycles. The molecule has 1 fully saturated rings. The first-order valence-corrected chi connectivity index (χ1v) is 8.76. The number of hydrogen-bond acceptors (Lipinski definition) is 3. The van der Waals surface area contributed by atoms with Gasteiger partial charge in [0.1, 0.15) is 5.82 Å². The summed E-state index contributed by atoms with van der Waals surface area (Å²) in [5, 5.41) is 8.89. The molecule has 7 heteroatoms. The Morgan fingerprint density at radius 2 is 1.95 bits per heavy atom. The number of benzene rings is 1. The smallest absolute Gasteiger partial charge is 0.241 e. The molecule has 1 aliphatic rings. The molecule has 0 amide bonds. The zero-order valence-electron chi connectivity index (χ0n) is 11.8. The highest BCUT2D eigenvalue weighted by atomic mass is 35.5. The van der Waals surface area contributed by atoms with E-state index < -0.39 is 28.0 Å². The molecule has 0 heterocycles. The average Bonchev–Trinajstić information content (AvgIpc) is 2.41. The summed E-state index contributed by atoms with van der Waals surface area (Å²) in [5.74, 6) is -0.850. The van der Waals surface area contributed by atoms with Crippen molar-refractivity contribution in [3.05, 3.63) is 28.5 Å². The van der Waals surface area contributed by atoms with Crippen LogP contribution < -0.4 is 4.72 Å². The van der Waals surface area contributed by atoms with Crippen LogP contribution in [0.15, 0.2) is 17.0 Å². The highest BCUT2D eigenvalue weighted by molar-refractivity contribution is 7.89. The maximum atomic E-state index is 13.7. The van der Waals surface area contributed by atoms with Crippen LogP contribution in [0.3, 0.4) is 0 Å². The van der Waals surface area contributed by atoms with Crippen molar-refractivity contribution >= 4 is 21.6 Å². The molecule has 0 unspecified atom stereocenters. The summed E-state index contributed by atoms with van der Waals surface area (Å²) >= 11 is 5.68. The number of halogens is 2. The van der Waals surface area contributed by atoms with Crippen LogP contribution >= 0.6 is 11.6 Å². The van der Waals surface area contributed by atoms with Crippen molar-refractivity contribution in [2.75, 3.05) is 0 Å². The van der Waals surface area contributed by atoms with Gasteiger partial charge >= 0.3 is 0 Å². The highest BCUT2D eigenvalue weighted by Gasteiger charge is 2.32. The molecule has 1 saturated carbocycles. The van der Waals surface area contributed by atoms with Gasteiger partial charge in [-0.2, -0.15) is 0 Å². The van der Waals surface area contributed by atoms with Gasteiger partial charge in [0.2, 0.25) is 10.0 Å². The van der Waals surface area contributed by atoms with Gasteiger partial charge in [-0.3, -0.25) is 0 Å². The van der Waals surface area contributed by atoms with Crippen LogP contribution in [0.5, 0.6) is 0 Å². The normalized spacial score (nSPS) is 18.7. The molecule has 21 heavy (non-hydrogen) atoms. The molecule has 0 spiro atoms. The van der Waals surface area contributed by atoms with E-state index in [1.807, 2.05) is 6.92 Å². The second kappa shape index (κ2) is 6.20. The molecule has 0 saturated heterocycles.